The van der Waals surface area contributed by atoms with Crippen LogP contribution in [0.25, 0.3) is 0 Å². The molecule has 0 spiro atoms. The van der Waals surface area contributed by atoms with Gasteiger partial charge in [0.1, 0.15) is 11.9 Å². The molecule has 2 atom stereocenters. The minimum Gasteiger partial charge on any atom is -0.489 e. The number of halogens is 1. The fourth-order valence-electron chi connectivity index (χ4n) is 2.53. The Kier molecular flexibility index (Phi) is 6.35. The molecule has 0 bridgehead atoms. The van der Waals surface area contributed by atoms with Crippen molar-refractivity contribution in [1.82, 2.24) is 0 Å². The largest absolute Gasteiger partial charge is 0.489 e. The first-order chi connectivity index (χ1) is 11.0. The Hall–Kier alpha value is -1.67. The first-order valence-corrected chi connectivity index (χ1v) is 8.65. The lowest BCUT2D eigenvalue weighted by Gasteiger charge is -2.21. The third-order valence-electron chi connectivity index (χ3n) is 4.24. The highest BCUT2D eigenvalue weighted by Crippen LogP contribution is 2.29. The summed E-state index contributed by atoms with van der Waals surface area (Å²) in [5, 5.41) is 4.21. The van der Waals surface area contributed by atoms with E-state index in [-0.39, 0.29) is 6.10 Å². The number of hydrogen-bond donors (Lipinski definition) is 1. The second kappa shape index (κ2) is 8.26. The van der Waals surface area contributed by atoms with E-state index in [0.29, 0.717) is 5.92 Å². The third kappa shape index (κ3) is 4.65. The quantitative estimate of drug-likeness (QED) is 0.667. The highest BCUT2D eigenvalue weighted by molar-refractivity contribution is 6.31. The number of para-hydroxylation sites is 1. The summed E-state index contributed by atoms with van der Waals surface area (Å²) in [6.45, 7) is 9.28. The molecule has 3 heteroatoms. The van der Waals surface area contributed by atoms with Crippen LogP contribution in [0.4, 0.5) is 5.69 Å². The van der Waals surface area contributed by atoms with Crippen LogP contribution >= 0.6 is 11.6 Å². The lowest BCUT2D eigenvalue weighted by atomic mass is 9.98. The summed E-state index contributed by atoms with van der Waals surface area (Å²) in [7, 11) is 0. The average molecular weight is 332 g/mol. The van der Waals surface area contributed by atoms with Crippen molar-refractivity contribution < 1.29 is 4.74 Å². The summed E-state index contributed by atoms with van der Waals surface area (Å²) in [5.41, 5.74) is 3.41. The molecule has 2 aromatic rings. The average Bonchev–Trinajstić information content (AvgIpc) is 2.56. The van der Waals surface area contributed by atoms with Crippen molar-refractivity contribution in [3.63, 3.8) is 0 Å². The minimum absolute atomic E-state index is 0.0681. The molecule has 0 amide bonds. The Balaban J connectivity index is 2.00. The van der Waals surface area contributed by atoms with E-state index in [1.807, 2.05) is 31.2 Å². The molecular weight excluding hydrogens is 306 g/mol. The van der Waals surface area contributed by atoms with Gasteiger partial charge >= 0.3 is 0 Å². The van der Waals surface area contributed by atoms with Gasteiger partial charge in [-0.3, -0.25) is 0 Å². The molecule has 0 fully saturated rings. The van der Waals surface area contributed by atoms with Crippen LogP contribution in [0.3, 0.4) is 0 Å². The van der Waals surface area contributed by atoms with Gasteiger partial charge in [0.2, 0.25) is 0 Å². The molecule has 0 saturated heterocycles. The number of hydrogen-bond acceptors (Lipinski definition) is 2. The van der Waals surface area contributed by atoms with Crippen LogP contribution in [0.15, 0.2) is 42.5 Å². The number of anilines is 1. The number of ether oxygens (including phenoxy) is 1. The Morgan fingerprint density at radius 3 is 2.57 bits per heavy atom. The van der Waals surface area contributed by atoms with Gasteiger partial charge in [-0.1, -0.05) is 49.7 Å². The number of rotatable bonds is 7. The maximum absolute atomic E-state index is 6.16. The smallest absolute Gasteiger partial charge is 0.123 e. The Bertz CT molecular complexity index is 641. The lowest BCUT2D eigenvalue weighted by Crippen LogP contribution is -2.23. The van der Waals surface area contributed by atoms with Gasteiger partial charge in [0.05, 0.1) is 6.54 Å². The van der Waals surface area contributed by atoms with Crippen LogP contribution in [0.1, 0.15) is 44.2 Å². The van der Waals surface area contributed by atoms with Crippen LogP contribution < -0.4 is 10.1 Å². The molecule has 23 heavy (non-hydrogen) atoms. The molecule has 0 aliphatic heterocycles. The van der Waals surface area contributed by atoms with Crippen LogP contribution in [-0.4, -0.2) is 12.6 Å². The van der Waals surface area contributed by atoms with Crippen molar-refractivity contribution in [2.75, 3.05) is 11.9 Å². The zero-order chi connectivity index (χ0) is 16.8. The SMILES string of the molecule is CCC(C)c1ccccc1OC(C)CNc1cccc(Cl)c1C. The molecule has 0 aliphatic carbocycles. The standard InChI is InChI=1S/C20H26ClNO/c1-5-14(2)17-9-6-7-12-20(17)23-15(3)13-22-19-11-8-10-18(21)16(19)4/h6-12,14-15,22H,5,13H2,1-4H3. The van der Waals surface area contributed by atoms with E-state index in [1.165, 1.54) is 5.56 Å². The predicted molar refractivity (Wildman–Crippen MR) is 99.9 cm³/mol. The summed E-state index contributed by atoms with van der Waals surface area (Å²) in [6.07, 6.45) is 1.17. The maximum atomic E-state index is 6.16. The van der Waals surface area contributed by atoms with Crippen molar-refractivity contribution in [2.24, 2.45) is 0 Å². The molecule has 124 valence electrons. The first-order valence-electron chi connectivity index (χ1n) is 8.27. The second-order valence-corrected chi connectivity index (χ2v) is 6.48. The van der Waals surface area contributed by atoms with Gasteiger partial charge in [-0.25, -0.2) is 0 Å². The Labute approximate surface area is 144 Å². The van der Waals surface area contributed by atoms with E-state index < -0.39 is 0 Å². The zero-order valence-corrected chi connectivity index (χ0v) is 15.2. The summed E-state index contributed by atoms with van der Waals surface area (Å²) in [5.74, 6) is 1.49. The van der Waals surface area contributed by atoms with E-state index in [2.05, 4.69) is 44.3 Å². The monoisotopic (exact) mass is 331 g/mol. The molecule has 1 N–H and O–H groups in total. The van der Waals surface area contributed by atoms with Crippen molar-refractivity contribution in [1.29, 1.82) is 0 Å². The summed E-state index contributed by atoms with van der Waals surface area (Å²) >= 11 is 6.16. The van der Waals surface area contributed by atoms with E-state index in [9.17, 15) is 0 Å². The molecule has 0 saturated carbocycles. The van der Waals surface area contributed by atoms with Gasteiger partial charge in [0, 0.05) is 10.7 Å². The van der Waals surface area contributed by atoms with Gasteiger partial charge in [-0.15, -0.1) is 0 Å². The van der Waals surface area contributed by atoms with Crippen molar-refractivity contribution in [3.05, 3.63) is 58.6 Å². The number of nitrogens with one attached hydrogen (secondary N) is 1. The number of benzene rings is 2. The van der Waals surface area contributed by atoms with E-state index >= 15 is 0 Å². The van der Waals surface area contributed by atoms with Crippen molar-refractivity contribution >= 4 is 17.3 Å². The lowest BCUT2D eigenvalue weighted by molar-refractivity contribution is 0.231. The Morgan fingerprint density at radius 2 is 1.83 bits per heavy atom. The van der Waals surface area contributed by atoms with Crippen molar-refractivity contribution in [3.8, 4) is 5.75 Å². The fourth-order valence-corrected chi connectivity index (χ4v) is 2.70. The van der Waals surface area contributed by atoms with Gasteiger partial charge < -0.3 is 10.1 Å². The van der Waals surface area contributed by atoms with Crippen LogP contribution in [0.5, 0.6) is 5.75 Å². The van der Waals surface area contributed by atoms with Gasteiger partial charge in [0.15, 0.2) is 0 Å². The fraction of sp³-hybridized carbons (Fsp3) is 0.400. The third-order valence-corrected chi connectivity index (χ3v) is 4.65. The topological polar surface area (TPSA) is 21.3 Å². The van der Waals surface area contributed by atoms with Gasteiger partial charge in [-0.2, -0.15) is 0 Å². The van der Waals surface area contributed by atoms with Crippen LogP contribution in [0, 0.1) is 6.92 Å². The summed E-state index contributed by atoms with van der Waals surface area (Å²) in [6, 6.07) is 14.2. The van der Waals surface area contributed by atoms with Crippen LogP contribution in [0.2, 0.25) is 5.02 Å². The molecule has 0 aliphatic rings. The molecule has 2 unspecified atom stereocenters. The molecular formula is C20H26ClNO. The highest BCUT2D eigenvalue weighted by Gasteiger charge is 2.12. The summed E-state index contributed by atoms with van der Waals surface area (Å²) < 4.78 is 6.16. The van der Waals surface area contributed by atoms with Gasteiger partial charge in [0.25, 0.3) is 0 Å². The van der Waals surface area contributed by atoms with Gasteiger partial charge in [-0.05, 0) is 55.5 Å². The predicted octanol–water partition coefficient (Wildman–Crippen LogP) is 6.04. The molecule has 2 rings (SSSR count). The Morgan fingerprint density at radius 1 is 1.09 bits per heavy atom. The molecule has 0 aromatic heterocycles. The first kappa shape index (κ1) is 17.7. The molecule has 2 nitrogen and oxygen atoms in total. The zero-order valence-electron chi connectivity index (χ0n) is 14.4. The molecule has 2 aromatic carbocycles. The normalized spacial score (nSPS) is 13.4. The summed E-state index contributed by atoms with van der Waals surface area (Å²) in [4.78, 5) is 0. The second-order valence-electron chi connectivity index (χ2n) is 6.07. The van der Waals surface area contributed by atoms with E-state index in [4.69, 9.17) is 16.3 Å². The van der Waals surface area contributed by atoms with Crippen LogP contribution in [-0.2, 0) is 0 Å². The highest BCUT2D eigenvalue weighted by atomic mass is 35.5. The maximum Gasteiger partial charge on any atom is 0.123 e. The van der Waals surface area contributed by atoms with Crippen molar-refractivity contribution in [2.45, 2.75) is 46.1 Å². The van der Waals surface area contributed by atoms with E-state index in [1.54, 1.807) is 0 Å². The molecule has 0 heterocycles. The minimum atomic E-state index is 0.0681. The van der Waals surface area contributed by atoms with E-state index in [0.717, 1.165) is 35.0 Å². The molecule has 0 radical (unpaired) electrons.